The molecule has 23 heavy (non-hydrogen) atoms. The molecule has 4 nitrogen and oxygen atoms in total. The quantitative estimate of drug-likeness (QED) is 0.536. The summed E-state index contributed by atoms with van der Waals surface area (Å²) >= 11 is 0. The molecule has 0 aliphatic carbocycles. The van der Waals surface area contributed by atoms with E-state index in [0.29, 0.717) is 13.1 Å². The molecule has 0 saturated carbocycles. The highest BCUT2D eigenvalue weighted by Crippen LogP contribution is 2.18. The van der Waals surface area contributed by atoms with Crippen LogP contribution in [0.4, 0.5) is 0 Å². The van der Waals surface area contributed by atoms with Crippen LogP contribution in [0.2, 0.25) is 0 Å². The van der Waals surface area contributed by atoms with E-state index in [-0.39, 0.29) is 5.78 Å². The van der Waals surface area contributed by atoms with E-state index in [4.69, 9.17) is 4.42 Å². The van der Waals surface area contributed by atoms with Crippen LogP contribution < -0.4 is 4.57 Å². The van der Waals surface area contributed by atoms with Crippen LogP contribution in [0.1, 0.15) is 33.1 Å². The molecule has 0 aliphatic rings. The molecule has 4 heteroatoms. The van der Waals surface area contributed by atoms with Crippen LogP contribution >= 0.6 is 0 Å². The average molecular weight is 309 g/mol. The Balaban J connectivity index is 1.82. The number of ketones is 1. The van der Waals surface area contributed by atoms with Gasteiger partial charge in [-0.2, -0.15) is 4.57 Å². The minimum Gasteiger partial charge on any atom is -0.467 e. The highest BCUT2D eigenvalue weighted by atomic mass is 16.3. The van der Waals surface area contributed by atoms with E-state index in [9.17, 15) is 4.79 Å². The molecular weight excluding hydrogens is 288 g/mol. The number of aromatic nitrogens is 2. The summed E-state index contributed by atoms with van der Waals surface area (Å²) in [5, 5.41) is 0. The largest absolute Gasteiger partial charge is 0.467 e. The fraction of sp³-hybridized carbons (Fsp3) is 0.263. The van der Waals surface area contributed by atoms with Gasteiger partial charge in [-0.05, 0) is 44.5 Å². The van der Waals surface area contributed by atoms with Gasteiger partial charge in [-0.1, -0.05) is 0 Å². The minimum absolute atomic E-state index is 0.123. The van der Waals surface area contributed by atoms with Crippen LogP contribution in [-0.4, -0.2) is 10.4 Å². The summed E-state index contributed by atoms with van der Waals surface area (Å²) in [5.41, 5.74) is 4.01. The van der Waals surface area contributed by atoms with E-state index in [2.05, 4.69) is 4.57 Å². The molecule has 0 unspecified atom stereocenters. The molecule has 0 bridgehead atoms. The summed E-state index contributed by atoms with van der Waals surface area (Å²) in [7, 11) is 0. The van der Waals surface area contributed by atoms with Gasteiger partial charge >= 0.3 is 0 Å². The van der Waals surface area contributed by atoms with E-state index < -0.39 is 0 Å². The number of carbonyl (C=O) groups excluding carboxylic acids is 1. The Morgan fingerprint density at radius 2 is 1.91 bits per heavy atom. The molecule has 3 rings (SSSR count). The van der Waals surface area contributed by atoms with Gasteiger partial charge in [0.15, 0.2) is 12.4 Å². The molecule has 0 saturated heterocycles. The van der Waals surface area contributed by atoms with Gasteiger partial charge in [0.05, 0.1) is 12.8 Å². The first-order valence-electron chi connectivity index (χ1n) is 7.72. The molecular formula is C19H21N2O2+. The number of hydrogen-bond donors (Lipinski definition) is 0. The number of carbonyl (C=O) groups is 1. The first kappa shape index (κ1) is 15.3. The first-order valence-corrected chi connectivity index (χ1v) is 7.72. The van der Waals surface area contributed by atoms with Gasteiger partial charge in [-0.3, -0.25) is 4.79 Å². The number of pyridine rings is 1. The second-order valence-corrected chi connectivity index (χ2v) is 5.92. The van der Waals surface area contributed by atoms with Crippen molar-refractivity contribution in [1.82, 2.24) is 4.57 Å². The molecule has 0 fully saturated rings. The van der Waals surface area contributed by atoms with Crippen LogP contribution in [0, 0.1) is 20.8 Å². The monoisotopic (exact) mass is 309 g/mol. The maximum Gasteiger partial charge on any atom is 0.229 e. The van der Waals surface area contributed by atoms with Crippen molar-refractivity contribution >= 4 is 5.78 Å². The maximum absolute atomic E-state index is 12.6. The van der Waals surface area contributed by atoms with E-state index in [1.165, 1.54) is 5.56 Å². The Morgan fingerprint density at radius 3 is 2.57 bits per heavy atom. The zero-order chi connectivity index (χ0) is 16.4. The van der Waals surface area contributed by atoms with Crippen molar-refractivity contribution in [3.05, 3.63) is 77.3 Å². The molecule has 3 aromatic heterocycles. The third-order valence-electron chi connectivity index (χ3n) is 4.15. The lowest BCUT2D eigenvalue weighted by atomic mass is 10.1. The Morgan fingerprint density at radius 1 is 1.17 bits per heavy atom. The third-order valence-corrected chi connectivity index (χ3v) is 4.15. The van der Waals surface area contributed by atoms with Crippen molar-refractivity contribution in [3.8, 4) is 0 Å². The van der Waals surface area contributed by atoms with Gasteiger partial charge in [0.25, 0.3) is 0 Å². The van der Waals surface area contributed by atoms with Crippen LogP contribution in [0.25, 0.3) is 0 Å². The number of hydrogen-bond acceptors (Lipinski definition) is 2. The van der Waals surface area contributed by atoms with Crippen LogP contribution in [-0.2, 0) is 13.1 Å². The smallest absolute Gasteiger partial charge is 0.229 e. The Bertz CT molecular complexity index is 812. The summed E-state index contributed by atoms with van der Waals surface area (Å²) in [6, 6.07) is 9.81. The molecule has 0 spiro atoms. The maximum atomic E-state index is 12.6. The zero-order valence-electron chi connectivity index (χ0n) is 13.7. The van der Waals surface area contributed by atoms with Gasteiger partial charge in [-0.15, -0.1) is 0 Å². The van der Waals surface area contributed by atoms with Gasteiger partial charge in [0.2, 0.25) is 12.3 Å². The number of furan rings is 1. The van der Waals surface area contributed by atoms with Crippen molar-refractivity contribution < 1.29 is 13.8 Å². The normalized spacial score (nSPS) is 10.9. The lowest BCUT2D eigenvalue weighted by Gasteiger charge is -2.07. The van der Waals surface area contributed by atoms with Crippen molar-refractivity contribution in [2.45, 2.75) is 33.9 Å². The van der Waals surface area contributed by atoms with Crippen molar-refractivity contribution in [1.29, 1.82) is 0 Å². The number of aryl methyl sites for hydroxylation is 2. The van der Waals surface area contributed by atoms with Gasteiger partial charge < -0.3 is 8.98 Å². The number of rotatable bonds is 5. The van der Waals surface area contributed by atoms with Crippen LogP contribution in [0.5, 0.6) is 0 Å². The van der Waals surface area contributed by atoms with E-state index in [0.717, 1.165) is 22.7 Å². The summed E-state index contributed by atoms with van der Waals surface area (Å²) in [5.74, 6) is 1.01. The summed E-state index contributed by atoms with van der Waals surface area (Å²) in [6.45, 7) is 7.05. The van der Waals surface area contributed by atoms with Crippen molar-refractivity contribution in [3.63, 3.8) is 0 Å². The Labute approximate surface area is 136 Å². The van der Waals surface area contributed by atoms with Crippen LogP contribution in [0.15, 0.2) is 53.4 Å². The topological polar surface area (TPSA) is 39.0 Å². The summed E-state index contributed by atoms with van der Waals surface area (Å²) < 4.78 is 9.44. The molecule has 3 aromatic rings. The molecule has 0 radical (unpaired) electrons. The predicted octanol–water partition coefficient (Wildman–Crippen LogP) is 3.23. The lowest BCUT2D eigenvalue weighted by Crippen LogP contribution is -2.37. The van der Waals surface area contributed by atoms with Crippen molar-refractivity contribution in [2.24, 2.45) is 0 Å². The predicted molar refractivity (Wildman–Crippen MR) is 87.4 cm³/mol. The highest BCUT2D eigenvalue weighted by Gasteiger charge is 2.19. The second-order valence-electron chi connectivity index (χ2n) is 5.92. The fourth-order valence-electron chi connectivity index (χ4n) is 2.77. The third kappa shape index (κ3) is 3.26. The Hall–Kier alpha value is -2.62. The fourth-order valence-corrected chi connectivity index (χ4v) is 2.77. The molecule has 0 N–H and O–H groups in total. The number of nitrogens with zero attached hydrogens (tertiary/aromatic N) is 2. The lowest BCUT2D eigenvalue weighted by molar-refractivity contribution is -0.683. The molecule has 3 heterocycles. The van der Waals surface area contributed by atoms with Gasteiger partial charge in [0, 0.05) is 29.1 Å². The highest BCUT2D eigenvalue weighted by molar-refractivity contribution is 5.96. The molecule has 0 aliphatic heterocycles. The molecule has 0 amide bonds. The van der Waals surface area contributed by atoms with E-state index in [1.54, 1.807) is 6.26 Å². The van der Waals surface area contributed by atoms with Gasteiger partial charge in [-0.25, -0.2) is 0 Å². The summed E-state index contributed by atoms with van der Waals surface area (Å²) in [6.07, 6.45) is 5.55. The first-order chi connectivity index (χ1) is 11.0. The average Bonchev–Trinajstić information content (AvgIpc) is 3.13. The number of Topliss-reactive ketones (excluding diaryl/α,β-unsaturated/α-hetero) is 1. The minimum atomic E-state index is 0.123. The van der Waals surface area contributed by atoms with Gasteiger partial charge in [0.1, 0.15) is 5.76 Å². The second kappa shape index (κ2) is 6.24. The molecule has 0 atom stereocenters. The van der Waals surface area contributed by atoms with Crippen molar-refractivity contribution in [2.75, 3.05) is 0 Å². The Kier molecular flexibility index (Phi) is 4.15. The molecule has 118 valence electrons. The SMILES string of the molecule is Cc1cc[n+](CC(=O)c2cc(C)n(Cc3ccco3)c2C)cc1. The molecule has 0 aromatic carbocycles. The van der Waals surface area contributed by atoms with Crippen LogP contribution in [0.3, 0.4) is 0 Å². The van der Waals surface area contributed by atoms with E-state index >= 15 is 0 Å². The van der Waals surface area contributed by atoms with E-state index in [1.807, 2.05) is 68.1 Å². The standard InChI is InChI=1S/C19H21N2O2/c1-14-6-8-20(9-7-14)13-19(22)18-11-15(2)21(16(18)3)12-17-5-4-10-23-17/h4-11H,12-13H2,1-3H3/q+1. The summed E-state index contributed by atoms with van der Waals surface area (Å²) in [4.78, 5) is 12.6. The zero-order valence-corrected chi connectivity index (χ0v) is 13.7.